The molecule has 27 heavy (non-hydrogen) atoms. The smallest absolute Gasteiger partial charge is 0.211 e. The van der Waals surface area contributed by atoms with Crippen LogP contribution in [0.25, 0.3) is 0 Å². The zero-order valence-corrected chi connectivity index (χ0v) is 17.7. The maximum atomic E-state index is 11.6. The summed E-state index contributed by atoms with van der Waals surface area (Å²) >= 11 is 0. The molecule has 1 aromatic carbocycles. The summed E-state index contributed by atoms with van der Waals surface area (Å²) in [6.07, 6.45) is 1.82. The third-order valence-electron chi connectivity index (χ3n) is 3.88. The lowest BCUT2D eigenvalue weighted by Crippen LogP contribution is -2.42. The second kappa shape index (κ2) is 11.7. The predicted octanol–water partition coefficient (Wildman–Crippen LogP) is 1.30. The highest BCUT2D eigenvalue weighted by atomic mass is 32.2. The van der Waals surface area contributed by atoms with E-state index in [-0.39, 0.29) is 6.10 Å². The molecule has 1 unspecified atom stereocenters. The molecule has 0 fully saturated rings. The fraction of sp³-hybridized carbons (Fsp3) is 0.611. The first-order valence-corrected chi connectivity index (χ1v) is 10.9. The van der Waals surface area contributed by atoms with Crippen molar-refractivity contribution in [3.8, 4) is 11.5 Å². The van der Waals surface area contributed by atoms with E-state index in [4.69, 9.17) is 9.47 Å². The number of guanidine groups is 1. The van der Waals surface area contributed by atoms with E-state index in [2.05, 4.69) is 15.6 Å². The highest BCUT2D eigenvalue weighted by Crippen LogP contribution is 2.26. The average Bonchev–Trinajstić information content (AvgIpc) is 2.63. The molecule has 0 saturated carbocycles. The van der Waals surface area contributed by atoms with E-state index in [0.717, 1.165) is 0 Å². The van der Waals surface area contributed by atoms with Gasteiger partial charge in [0, 0.05) is 26.7 Å². The molecule has 2 N–H and O–H groups in total. The summed E-state index contributed by atoms with van der Waals surface area (Å²) in [5.74, 6) is 2.03. The Bertz CT molecular complexity index is 694. The van der Waals surface area contributed by atoms with Crippen LogP contribution in [0.2, 0.25) is 0 Å². The van der Waals surface area contributed by atoms with E-state index in [1.165, 1.54) is 10.6 Å². The number of sulfonamides is 1. The molecule has 0 radical (unpaired) electrons. The van der Waals surface area contributed by atoms with E-state index in [1.807, 2.05) is 38.1 Å². The number of benzene rings is 1. The van der Waals surface area contributed by atoms with Crippen molar-refractivity contribution in [1.29, 1.82) is 0 Å². The molecule has 0 aromatic heterocycles. The Kier molecular flexibility index (Phi) is 9.95. The van der Waals surface area contributed by atoms with Crippen molar-refractivity contribution in [2.24, 2.45) is 4.99 Å². The summed E-state index contributed by atoms with van der Waals surface area (Å²) in [6, 6.07) is 7.51. The van der Waals surface area contributed by atoms with Crippen LogP contribution in [0.5, 0.6) is 11.5 Å². The molecule has 0 saturated heterocycles. The maximum Gasteiger partial charge on any atom is 0.211 e. The summed E-state index contributed by atoms with van der Waals surface area (Å²) < 4.78 is 35.8. The van der Waals surface area contributed by atoms with Crippen LogP contribution in [-0.4, -0.2) is 71.4 Å². The van der Waals surface area contributed by atoms with Crippen LogP contribution in [0.1, 0.15) is 20.3 Å². The Morgan fingerprint density at radius 1 is 1.26 bits per heavy atom. The van der Waals surface area contributed by atoms with Crippen LogP contribution < -0.4 is 20.1 Å². The fourth-order valence-electron chi connectivity index (χ4n) is 2.46. The third kappa shape index (κ3) is 8.49. The van der Waals surface area contributed by atoms with Crippen LogP contribution in [0, 0.1) is 0 Å². The number of nitrogens with one attached hydrogen (secondary N) is 2. The molecular formula is C18H32N4O4S. The van der Waals surface area contributed by atoms with Crippen LogP contribution in [-0.2, 0) is 10.0 Å². The van der Waals surface area contributed by atoms with Crippen molar-refractivity contribution in [2.45, 2.75) is 26.4 Å². The highest BCUT2D eigenvalue weighted by Gasteiger charge is 2.13. The molecule has 0 aliphatic rings. The predicted molar refractivity (Wildman–Crippen MR) is 109 cm³/mol. The fourth-order valence-corrected chi connectivity index (χ4v) is 3.39. The van der Waals surface area contributed by atoms with Gasteiger partial charge in [0.1, 0.15) is 6.10 Å². The lowest BCUT2D eigenvalue weighted by molar-refractivity contribution is 0.213. The maximum absolute atomic E-state index is 11.6. The van der Waals surface area contributed by atoms with Crippen molar-refractivity contribution in [2.75, 3.05) is 46.6 Å². The van der Waals surface area contributed by atoms with Crippen LogP contribution >= 0.6 is 0 Å². The lowest BCUT2D eigenvalue weighted by atomic mass is 10.3. The number of methoxy groups -OCH3 is 1. The number of hydrogen-bond donors (Lipinski definition) is 2. The Balaban J connectivity index is 2.37. The van der Waals surface area contributed by atoms with Crippen molar-refractivity contribution in [3.63, 3.8) is 0 Å². The second-order valence-corrected chi connectivity index (χ2v) is 8.05. The number of ether oxygens (including phenoxy) is 2. The van der Waals surface area contributed by atoms with Gasteiger partial charge in [0.05, 0.1) is 19.9 Å². The van der Waals surface area contributed by atoms with Gasteiger partial charge in [-0.3, -0.25) is 4.99 Å². The summed E-state index contributed by atoms with van der Waals surface area (Å²) in [5.41, 5.74) is 0. The van der Waals surface area contributed by atoms with E-state index in [0.29, 0.717) is 50.1 Å². The first-order chi connectivity index (χ1) is 12.8. The number of para-hydroxylation sites is 2. The molecule has 1 atom stereocenters. The lowest BCUT2D eigenvalue weighted by Gasteiger charge is -2.20. The molecule has 0 amide bonds. The molecule has 0 aliphatic heterocycles. The Morgan fingerprint density at radius 3 is 2.48 bits per heavy atom. The van der Waals surface area contributed by atoms with Gasteiger partial charge in [0.25, 0.3) is 0 Å². The highest BCUT2D eigenvalue weighted by molar-refractivity contribution is 7.88. The van der Waals surface area contributed by atoms with Gasteiger partial charge in [0.15, 0.2) is 17.5 Å². The summed E-state index contributed by atoms with van der Waals surface area (Å²) in [5, 5.41) is 6.38. The van der Waals surface area contributed by atoms with Gasteiger partial charge in [-0.2, -0.15) is 0 Å². The molecule has 0 aliphatic carbocycles. The Labute approximate surface area is 163 Å². The SMILES string of the molecule is CCN(CCCNC(=NC)NCC(C)Oc1ccccc1OC)S(C)(=O)=O. The quantitative estimate of drug-likeness (QED) is 0.330. The largest absolute Gasteiger partial charge is 0.493 e. The summed E-state index contributed by atoms with van der Waals surface area (Å²) in [4.78, 5) is 4.17. The number of rotatable bonds is 11. The normalized spacial score (nSPS) is 13.3. The molecule has 0 spiro atoms. The monoisotopic (exact) mass is 400 g/mol. The van der Waals surface area contributed by atoms with Gasteiger partial charge in [-0.15, -0.1) is 0 Å². The molecular weight excluding hydrogens is 368 g/mol. The second-order valence-electron chi connectivity index (χ2n) is 6.07. The first kappa shape index (κ1) is 23.0. The molecule has 8 nitrogen and oxygen atoms in total. The first-order valence-electron chi connectivity index (χ1n) is 9.01. The zero-order chi connectivity index (χ0) is 20.3. The molecule has 0 heterocycles. The summed E-state index contributed by atoms with van der Waals surface area (Å²) in [6.45, 7) is 5.92. The van der Waals surface area contributed by atoms with Gasteiger partial charge in [0.2, 0.25) is 10.0 Å². The minimum Gasteiger partial charge on any atom is -0.493 e. The number of nitrogens with zero attached hydrogens (tertiary/aromatic N) is 2. The van der Waals surface area contributed by atoms with E-state index in [1.54, 1.807) is 14.2 Å². The van der Waals surface area contributed by atoms with Gasteiger partial charge in [-0.25, -0.2) is 12.7 Å². The van der Waals surface area contributed by atoms with Gasteiger partial charge in [-0.05, 0) is 25.5 Å². The van der Waals surface area contributed by atoms with Crippen molar-refractivity contribution in [1.82, 2.24) is 14.9 Å². The van der Waals surface area contributed by atoms with Gasteiger partial charge >= 0.3 is 0 Å². The van der Waals surface area contributed by atoms with E-state index < -0.39 is 10.0 Å². The minimum atomic E-state index is -3.15. The van der Waals surface area contributed by atoms with Crippen molar-refractivity contribution >= 4 is 16.0 Å². The Hall–Kier alpha value is -2.00. The van der Waals surface area contributed by atoms with Crippen molar-refractivity contribution in [3.05, 3.63) is 24.3 Å². The topological polar surface area (TPSA) is 92.3 Å². The van der Waals surface area contributed by atoms with Crippen LogP contribution in [0.3, 0.4) is 0 Å². The average molecular weight is 401 g/mol. The van der Waals surface area contributed by atoms with E-state index in [9.17, 15) is 8.42 Å². The number of hydrogen-bond acceptors (Lipinski definition) is 5. The molecule has 1 aromatic rings. The Morgan fingerprint density at radius 2 is 1.93 bits per heavy atom. The molecule has 9 heteroatoms. The summed E-state index contributed by atoms with van der Waals surface area (Å²) in [7, 11) is 0.156. The molecule has 154 valence electrons. The third-order valence-corrected chi connectivity index (χ3v) is 5.26. The van der Waals surface area contributed by atoms with Crippen LogP contribution in [0.15, 0.2) is 29.3 Å². The number of aliphatic imine (C=N–C) groups is 1. The van der Waals surface area contributed by atoms with Gasteiger partial charge < -0.3 is 20.1 Å². The minimum absolute atomic E-state index is 0.0966. The van der Waals surface area contributed by atoms with Gasteiger partial charge in [-0.1, -0.05) is 19.1 Å². The molecule has 0 bridgehead atoms. The zero-order valence-electron chi connectivity index (χ0n) is 16.9. The molecule has 1 rings (SSSR count). The standard InChI is InChI=1S/C18H32N4O4S/c1-6-22(27(5,23)24)13-9-12-20-18(19-3)21-14-15(2)26-17-11-8-7-10-16(17)25-4/h7-8,10-11,15H,6,9,12-14H2,1-5H3,(H2,19,20,21). The van der Waals surface area contributed by atoms with E-state index >= 15 is 0 Å². The van der Waals surface area contributed by atoms with Crippen molar-refractivity contribution < 1.29 is 17.9 Å². The van der Waals surface area contributed by atoms with Crippen LogP contribution in [0.4, 0.5) is 0 Å².